The Labute approximate surface area is 220 Å². The quantitative estimate of drug-likeness (QED) is 0.254. The van der Waals surface area contributed by atoms with Crippen LogP contribution in [0.2, 0.25) is 5.02 Å². The zero-order chi connectivity index (χ0) is 28.0. The number of carboxylic acid groups (broad SMARTS) is 1. The number of aromatic nitrogens is 5. The van der Waals surface area contributed by atoms with Gasteiger partial charge in [-0.2, -0.15) is 27.6 Å². The minimum Gasteiger partial charge on any atom is -0.475 e. The van der Waals surface area contributed by atoms with Crippen molar-refractivity contribution in [2.24, 2.45) is 7.05 Å². The highest BCUT2D eigenvalue weighted by atomic mass is 35.5. The maximum Gasteiger partial charge on any atom is 0.490 e. The number of ether oxygens (including phenoxy) is 1. The molecule has 0 aliphatic carbocycles. The molecule has 0 fully saturated rings. The van der Waals surface area contributed by atoms with Gasteiger partial charge in [-0.15, -0.1) is 0 Å². The predicted molar refractivity (Wildman–Crippen MR) is 134 cm³/mol. The number of aryl methyl sites for hydroxylation is 1. The lowest BCUT2D eigenvalue weighted by atomic mass is 10.2. The van der Waals surface area contributed by atoms with Gasteiger partial charge in [0, 0.05) is 35.7 Å². The molecule has 1 aromatic carbocycles. The van der Waals surface area contributed by atoms with Crippen LogP contribution in [0.15, 0.2) is 35.4 Å². The first-order valence-corrected chi connectivity index (χ1v) is 11.7. The Hall–Kier alpha value is -4.18. The number of amides is 1. The van der Waals surface area contributed by atoms with E-state index in [2.05, 4.69) is 30.2 Å². The maximum absolute atomic E-state index is 12.4. The monoisotopic (exact) mass is 573 g/mol. The van der Waals surface area contributed by atoms with Gasteiger partial charge in [0.05, 0.1) is 29.0 Å². The van der Waals surface area contributed by atoms with Crippen LogP contribution in [0.25, 0.3) is 22.3 Å². The fourth-order valence-corrected chi connectivity index (χ4v) is 3.71. The predicted octanol–water partition coefficient (Wildman–Crippen LogP) is 4.77. The van der Waals surface area contributed by atoms with Crippen molar-refractivity contribution in [3.05, 3.63) is 46.0 Å². The van der Waals surface area contributed by atoms with Crippen molar-refractivity contribution in [1.82, 2.24) is 24.1 Å². The molecule has 202 valence electrons. The number of anilines is 3. The Morgan fingerprint density at radius 2 is 2.00 bits per heavy atom. The molecular weight excluding hydrogens is 555 g/mol. The molecule has 0 aliphatic rings. The minimum atomic E-state index is -5.08. The van der Waals surface area contributed by atoms with Gasteiger partial charge in [-0.05, 0) is 24.6 Å². The SMILES string of the molecule is CCCOC(=O)Nc1cc(-c2nsc(Nc3ccc4[nH]ncc4c3Cl)n2)cn(C)c1=O.O=C(O)C(F)(F)F. The number of benzene rings is 1. The zero-order valence-electron chi connectivity index (χ0n) is 19.6. The van der Waals surface area contributed by atoms with Crippen molar-refractivity contribution in [2.45, 2.75) is 19.5 Å². The van der Waals surface area contributed by atoms with Crippen molar-refractivity contribution in [2.75, 3.05) is 17.2 Å². The molecule has 4 rings (SSSR count). The second-order valence-corrected chi connectivity index (χ2v) is 8.56. The molecule has 0 radical (unpaired) electrons. The highest BCUT2D eigenvalue weighted by Gasteiger charge is 2.38. The van der Waals surface area contributed by atoms with E-state index in [1.165, 1.54) is 10.6 Å². The molecular formula is C21H19ClF3N7O5S. The summed E-state index contributed by atoms with van der Waals surface area (Å²) in [5.74, 6) is -2.36. The number of pyridine rings is 1. The van der Waals surface area contributed by atoms with Gasteiger partial charge in [0.1, 0.15) is 5.69 Å². The number of aromatic amines is 1. The molecule has 1 amide bonds. The van der Waals surface area contributed by atoms with Crippen molar-refractivity contribution in [3.8, 4) is 11.4 Å². The molecule has 4 aromatic rings. The average Bonchev–Trinajstić information content (AvgIpc) is 3.52. The van der Waals surface area contributed by atoms with Gasteiger partial charge in [0.2, 0.25) is 5.13 Å². The highest BCUT2D eigenvalue weighted by Crippen LogP contribution is 2.33. The van der Waals surface area contributed by atoms with Gasteiger partial charge in [0.25, 0.3) is 5.56 Å². The molecule has 0 saturated heterocycles. The third-order valence-corrected chi connectivity index (χ3v) is 5.62. The van der Waals surface area contributed by atoms with Crippen LogP contribution in [0.4, 0.5) is 34.5 Å². The zero-order valence-corrected chi connectivity index (χ0v) is 21.2. The number of hydrogen-bond donors (Lipinski definition) is 4. The van der Waals surface area contributed by atoms with Crippen molar-refractivity contribution < 1.29 is 32.6 Å². The summed E-state index contributed by atoms with van der Waals surface area (Å²) in [5.41, 5.74) is 1.77. The Balaban J connectivity index is 0.000000505. The number of rotatable bonds is 6. The highest BCUT2D eigenvalue weighted by molar-refractivity contribution is 7.10. The second kappa shape index (κ2) is 11.9. The number of aliphatic carboxylic acids is 1. The van der Waals surface area contributed by atoms with Crippen LogP contribution < -0.4 is 16.2 Å². The van der Waals surface area contributed by atoms with E-state index in [0.29, 0.717) is 33.7 Å². The van der Waals surface area contributed by atoms with Gasteiger partial charge in [-0.25, -0.2) is 9.59 Å². The molecule has 3 heterocycles. The van der Waals surface area contributed by atoms with Gasteiger partial charge in [-0.3, -0.25) is 15.2 Å². The number of fused-ring (bicyclic) bond motifs is 1. The fourth-order valence-electron chi connectivity index (χ4n) is 2.85. The summed E-state index contributed by atoms with van der Waals surface area (Å²) >= 11 is 7.59. The number of halogens is 4. The average molecular weight is 574 g/mol. The Bertz CT molecular complexity index is 1520. The van der Waals surface area contributed by atoms with Gasteiger partial charge in [0.15, 0.2) is 5.82 Å². The molecule has 0 atom stereocenters. The largest absolute Gasteiger partial charge is 0.490 e. The standard InChI is InChI=1S/C19H18ClN7O3S.C2HF3O2/c1-3-6-30-19(29)23-14-7-10(9-27(2)17(14)28)16-24-18(31-26-16)22-13-5-4-12-11(15(13)20)8-21-25-12;3-2(4,5)1(6)7/h4-5,7-9H,3,6H2,1-2H3,(H,21,25)(H,23,29)(H,22,24,26);(H,6,7). The first kappa shape index (κ1) is 28.4. The van der Waals surface area contributed by atoms with E-state index >= 15 is 0 Å². The van der Waals surface area contributed by atoms with Crippen LogP contribution in [0.5, 0.6) is 0 Å². The summed E-state index contributed by atoms with van der Waals surface area (Å²) in [5, 5.41) is 21.4. The number of H-pyrrole nitrogens is 1. The summed E-state index contributed by atoms with van der Waals surface area (Å²) in [4.78, 5) is 37.6. The number of alkyl halides is 3. The molecule has 17 heteroatoms. The number of carbonyl (C=O) groups excluding carboxylic acids is 1. The smallest absolute Gasteiger partial charge is 0.475 e. The summed E-state index contributed by atoms with van der Waals surface area (Å²) in [7, 11) is 1.58. The lowest BCUT2D eigenvalue weighted by Crippen LogP contribution is -2.24. The Morgan fingerprint density at radius 3 is 2.66 bits per heavy atom. The van der Waals surface area contributed by atoms with E-state index < -0.39 is 18.2 Å². The number of hydrogen-bond acceptors (Lipinski definition) is 9. The Kier molecular flexibility index (Phi) is 8.90. The first-order valence-electron chi connectivity index (χ1n) is 10.6. The lowest BCUT2D eigenvalue weighted by Gasteiger charge is -2.08. The normalized spacial score (nSPS) is 11.0. The summed E-state index contributed by atoms with van der Waals surface area (Å²) < 4.78 is 42.4. The Morgan fingerprint density at radius 1 is 1.29 bits per heavy atom. The summed E-state index contributed by atoms with van der Waals surface area (Å²) in [6.45, 7) is 2.15. The topological polar surface area (TPSA) is 164 Å². The van der Waals surface area contributed by atoms with Gasteiger partial charge < -0.3 is 19.7 Å². The number of carboxylic acids is 1. The van der Waals surface area contributed by atoms with E-state index in [1.807, 2.05) is 19.1 Å². The number of nitrogens with zero attached hydrogens (tertiary/aromatic N) is 4. The van der Waals surface area contributed by atoms with E-state index in [9.17, 15) is 22.8 Å². The summed E-state index contributed by atoms with van der Waals surface area (Å²) in [6.07, 6.45) is -1.84. The second-order valence-electron chi connectivity index (χ2n) is 7.43. The number of nitrogens with one attached hydrogen (secondary N) is 3. The van der Waals surface area contributed by atoms with Crippen LogP contribution in [0.1, 0.15) is 13.3 Å². The van der Waals surface area contributed by atoms with Gasteiger partial charge >= 0.3 is 18.2 Å². The van der Waals surface area contributed by atoms with Crippen LogP contribution >= 0.6 is 23.1 Å². The molecule has 0 unspecified atom stereocenters. The number of carbonyl (C=O) groups is 2. The van der Waals surface area contributed by atoms with Crippen LogP contribution in [-0.4, -0.2) is 54.1 Å². The molecule has 3 aromatic heterocycles. The molecule has 4 N–H and O–H groups in total. The van der Waals surface area contributed by atoms with Crippen LogP contribution in [0, 0.1) is 0 Å². The lowest BCUT2D eigenvalue weighted by molar-refractivity contribution is -0.192. The van der Waals surface area contributed by atoms with Crippen LogP contribution in [0.3, 0.4) is 0 Å². The van der Waals surface area contributed by atoms with E-state index in [1.54, 1.807) is 19.4 Å². The molecule has 0 aliphatic heterocycles. The fraction of sp³-hybridized carbons (Fsp3) is 0.238. The third-order valence-electron chi connectivity index (χ3n) is 4.58. The first-order chi connectivity index (χ1) is 17.9. The van der Waals surface area contributed by atoms with E-state index in [-0.39, 0.29) is 17.9 Å². The third kappa shape index (κ3) is 6.98. The molecule has 0 bridgehead atoms. The van der Waals surface area contributed by atoms with Gasteiger partial charge in [-0.1, -0.05) is 18.5 Å². The molecule has 38 heavy (non-hydrogen) atoms. The molecule has 12 nitrogen and oxygen atoms in total. The van der Waals surface area contributed by atoms with E-state index in [4.69, 9.17) is 26.2 Å². The van der Waals surface area contributed by atoms with Crippen LogP contribution in [-0.2, 0) is 16.6 Å². The molecule has 0 spiro atoms. The summed E-state index contributed by atoms with van der Waals surface area (Å²) in [6, 6.07) is 5.20. The van der Waals surface area contributed by atoms with Crippen molar-refractivity contribution in [1.29, 1.82) is 0 Å². The van der Waals surface area contributed by atoms with Crippen molar-refractivity contribution in [3.63, 3.8) is 0 Å². The minimum absolute atomic E-state index is 0.0823. The maximum atomic E-state index is 12.4. The van der Waals surface area contributed by atoms with E-state index in [0.717, 1.165) is 22.4 Å². The molecule has 0 saturated carbocycles. The van der Waals surface area contributed by atoms with Crippen molar-refractivity contribution >= 4 is 62.6 Å².